The molecule has 0 saturated heterocycles. The molecule has 2 nitrogen and oxygen atoms in total. The quantitative estimate of drug-likeness (QED) is 0.727. The molecule has 1 aromatic heterocycles. The van der Waals surface area contributed by atoms with Crippen molar-refractivity contribution in [2.24, 2.45) is 0 Å². The van der Waals surface area contributed by atoms with Crippen molar-refractivity contribution in [2.75, 3.05) is 0 Å². The third kappa shape index (κ3) is 3.61. The molecule has 98 valence electrons. The lowest BCUT2D eigenvalue weighted by Crippen LogP contribution is -2.25. The molecule has 2 rings (SSSR count). The summed E-state index contributed by atoms with van der Waals surface area (Å²) in [6.45, 7) is 5.31. The van der Waals surface area contributed by atoms with Gasteiger partial charge in [0.1, 0.15) is 11.3 Å². The van der Waals surface area contributed by atoms with Crippen molar-refractivity contribution in [1.29, 1.82) is 0 Å². The lowest BCUT2D eigenvalue weighted by atomic mass is 10.1. The smallest absolute Gasteiger partial charge is 0.134 e. The first-order valence-corrected chi connectivity index (χ1v) is 7.00. The summed E-state index contributed by atoms with van der Waals surface area (Å²) < 4.78 is 5.78. The maximum atomic E-state index is 5.78. The van der Waals surface area contributed by atoms with Crippen molar-refractivity contribution in [3.63, 3.8) is 0 Å². The molecule has 0 aliphatic rings. The second-order valence-electron chi connectivity index (χ2n) is 5.03. The summed E-state index contributed by atoms with van der Waals surface area (Å²) in [6, 6.07) is 10.8. The Kier molecular flexibility index (Phi) is 4.82. The van der Waals surface area contributed by atoms with Gasteiger partial charge in [-0.3, -0.25) is 0 Å². The van der Waals surface area contributed by atoms with Crippen LogP contribution in [0.2, 0.25) is 0 Å². The highest BCUT2D eigenvalue weighted by Crippen LogP contribution is 2.18. The fraction of sp³-hybridized carbons (Fsp3) is 0.500. The number of furan rings is 1. The standard InChI is InChI=1S/C16H23NO/c1-3-4-5-8-13(2)17-12-15-11-14-9-6-7-10-16(14)18-15/h6-7,9-11,13,17H,3-5,8,12H2,1-2H3. The Morgan fingerprint density at radius 2 is 2.06 bits per heavy atom. The topological polar surface area (TPSA) is 25.2 Å². The molecular weight excluding hydrogens is 222 g/mol. The summed E-state index contributed by atoms with van der Waals surface area (Å²) >= 11 is 0. The molecule has 0 amide bonds. The number of unbranched alkanes of at least 4 members (excludes halogenated alkanes) is 2. The Balaban J connectivity index is 1.82. The highest BCUT2D eigenvalue weighted by atomic mass is 16.3. The molecule has 2 heteroatoms. The molecule has 1 heterocycles. The van der Waals surface area contributed by atoms with Gasteiger partial charge in [0.05, 0.1) is 6.54 Å². The molecule has 2 aromatic rings. The van der Waals surface area contributed by atoms with Crippen molar-refractivity contribution in [3.8, 4) is 0 Å². The van der Waals surface area contributed by atoms with Crippen molar-refractivity contribution in [3.05, 3.63) is 36.1 Å². The van der Waals surface area contributed by atoms with E-state index >= 15 is 0 Å². The summed E-state index contributed by atoms with van der Waals surface area (Å²) in [6.07, 6.45) is 5.17. The van der Waals surface area contributed by atoms with Crippen LogP contribution in [0.5, 0.6) is 0 Å². The third-order valence-corrected chi connectivity index (χ3v) is 3.34. The van der Waals surface area contributed by atoms with Crippen molar-refractivity contribution in [2.45, 2.75) is 52.1 Å². The van der Waals surface area contributed by atoms with Crippen LogP contribution in [-0.2, 0) is 6.54 Å². The van der Waals surface area contributed by atoms with E-state index in [9.17, 15) is 0 Å². The molecule has 0 aliphatic carbocycles. The lowest BCUT2D eigenvalue weighted by molar-refractivity contribution is 0.447. The number of fused-ring (bicyclic) bond motifs is 1. The van der Waals surface area contributed by atoms with Gasteiger partial charge in [0.2, 0.25) is 0 Å². The third-order valence-electron chi connectivity index (χ3n) is 3.34. The lowest BCUT2D eigenvalue weighted by Gasteiger charge is -2.11. The minimum atomic E-state index is 0.560. The molecule has 1 unspecified atom stereocenters. The van der Waals surface area contributed by atoms with E-state index in [1.807, 2.05) is 18.2 Å². The first-order chi connectivity index (χ1) is 8.79. The van der Waals surface area contributed by atoms with Crippen molar-refractivity contribution < 1.29 is 4.42 Å². The maximum Gasteiger partial charge on any atom is 0.134 e. The fourth-order valence-corrected chi connectivity index (χ4v) is 2.20. The van der Waals surface area contributed by atoms with Gasteiger partial charge in [-0.25, -0.2) is 0 Å². The highest BCUT2D eigenvalue weighted by Gasteiger charge is 2.05. The summed E-state index contributed by atoms with van der Waals surface area (Å²) in [7, 11) is 0. The van der Waals surface area contributed by atoms with Crippen LogP contribution in [0.4, 0.5) is 0 Å². The molecule has 1 aromatic carbocycles. The molecule has 0 saturated carbocycles. The van der Waals surface area contributed by atoms with Crippen LogP contribution in [0.25, 0.3) is 11.0 Å². The number of nitrogens with one attached hydrogen (secondary N) is 1. The van der Waals surface area contributed by atoms with Crippen LogP contribution in [-0.4, -0.2) is 6.04 Å². The molecule has 0 aliphatic heterocycles. The van der Waals surface area contributed by atoms with Gasteiger partial charge in [0.25, 0.3) is 0 Å². The van der Waals surface area contributed by atoms with Crippen molar-refractivity contribution in [1.82, 2.24) is 5.32 Å². The van der Waals surface area contributed by atoms with Gasteiger partial charge in [-0.2, -0.15) is 0 Å². The van der Waals surface area contributed by atoms with Crippen molar-refractivity contribution >= 4 is 11.0 Å². The molecule has 0 spiro atoms. The van der Waals surface area contributed by atoms with E-state index in [2.05, 4.69) is 31.3 Å². The van der Waals surface area contributed by atoms with Gasteiger partial charge in [-0.1, -0.05) is 44.4 Å². The van der Waals surface area contributed by atoms with E-state index in [-0.39, 0.29) is 0 Å². The number of rotatable bonds is 7. The predicted octanol–water partition coefficient (Wildman–Crippen LogP) is 4.49. The zero-order valence-electron chi connectivity index (χ0n) is 11.4. The normalized spacial score (nSPS) is 13.0. The van der Waals surface area contributed by atoms with Crippen LogP contribution < -0.4 is 5.32 Å². The monoisotopic (exact) mass is 245 g/mol. The largest absolute Gasteiger partial charge is 0.460 e. The minimum absolute atomic E-state index is 0.560. The van der Waals surface area contributed by atoms with Crippen LogP contribution in [0, 0.1) is 0 Å². The van der Waals surface area contributed by atoms with E-state index in [1.54, 1.807) is 0 Å². The van der Waals surface area contributed by atoms with E-state index < -0.39 is 0 Å². The number of hydrogen-bond acceptors (Lipinski definition) is 2. The number of hydrogen-bond donors (Lipinski definition) is 1. The first-order valence-electron chi connectivity index (χ1n) is 7.00. The van der Waals surface area contributed by atoms with Crippen LogP contribution in [0.3, 0.4) is 0 Å². The molecule has 0 fully saturated rings. The Labute approximate surface area is 109 Å². The van der Waals surface area contributed by atoms with E-state index in [0.717, 1.165) is 17.9 Å². The Morgan fingerprint density at radius 1 is 1.22 bits per heavy atom. The number of benzene rings is 1. The zero-order valence-corrected chi connectivity index (χ0v) is 11.4. The zero-order chi connectivity index (χ0) is 12.8. The van der Waals surface area contributed by atoms with E-state index in [4.69, 9.17) is 4.42 Å². The summed E-state index contributed by atoms with van der Waals surface area (Å²) in [5.74, 6) is 1.03. The molecule has 0 bridgehead atoms. The summed E-state index contributed by atoms with van der Waals surface area (Å²) in [5.41, 5.74) is 0.980. The maximum absolute atomic E-state index is 5.78. The van der Waals surface area contributed by atoms with E-state index in [0.29, 0.717) is 6.04 Å². The Bertz CT molecular complexity index is 442. The average molecular weight is 245 g/mol. The Morgan fingerprint density at radius 3 is 2.83 bits per heavy atom. The van der Waals surface area contributed by atoms with Crippen LogP contribution >= 0.6 is 0 Å². The first kappa shape index (κ1) is 13.2. The minimum Gasteiger partial charge on any atom is -0.460 e. The average Bonchev–Trinajstić information content (AvgIpc) is 2.79. The van der Waals surface area contributed by atoms with Gasteiger partial charge >= 0.3 is 0 Å². The number of para-hydroxylation sites is 1. The second kappa shape index (κ2) is 6.60. The van der Waals surface area contributed by atoms with Gasteiger partial charge in [-0.15, -0.1) is 0 Å². The van der Waals surface area contributed by atoms with Gasteiger partial charge < -0.3 is 9.73 Å². The summed E-state index contributed by atoms with van der Waals surface area (Å²) in [5, 5.41) is 4.71. The fourth-order valence-electron chi connectivity index (χ4n) is 2.20. The van der Waals surface area contributed by atoms with Gasteiger partial charge in [0.15, 0.2) is 0 Å². The van der Waals surface area contributed by atoms with Gasteiger partial charge in [0, 0.05) is 11.4 Å². The van der Waals surface area contributed by atoms with Crippen LogP contribution in [0.15, 0.2) is 34.7 Å². The van der Waals surface area contributed by atoms with Gasteiger partial charge in [-0.05, 0) is 25.5 Å². The Hall–Kier alpha value is -1.28. The second-order valence-corrected chi connectivity index (χ2v) is 5.03. The molecule has 18 heavy (non-hydrogen) atoms. The predicted molar refractivity (Wildman–Crippen MR) is 76.7 cm³/mol. The van der Waals surface area contributed by atoms with E-state index in [1.165, 1.54) is 31.1 Å². The molecule has 0 radical (unpaired) electrons. The SMILES string of the molecule is CCCCCC(C)NCc1cc2ccccc2o1. The molecule has 1 atom stereocenters. The molecule has 1 N–H and O–H groups in total. The van der Waals surface area contributed by atoms with Crippen LogP contribution in [0.1, 0.15) is 45.3 Å². The molecular formula is C16H23NO. The highest BCUT2D eigenvalue weighted by molar-refractivity contribution is 5.77. The summed E-state index contributed by atoms with van der Waals surface area (Å²) in [4.78, 5) is 0.